The molecule has 1 fully saturated rings. The summed E-state index contributed by atoms with van der Waals surface area (Å²) in [4.78, 5) is 11.5. The lowest BCUT2D eigenvalue weighted by atomic mass is 9.96. The summed E-state index contributed by atoms with van der Waals surface area (Å²) in [5, 5.41) is 0. The van der Waals surface area contributed by atoms with Crippen molar-refractivity contribution in [3.05, 3.63) is 35.4 Å². The van der Waals surface area contributed by atoms with Crippen molar-refractivity contribution < 1.29 is 27.4 Å². The first-order valence-corrected chi connectivity index (χ1v) is 5.81. The smallest absolute Gasteiger partial charge is 0.416 e. The number of hydrogen-bond donors (Lipinski definition) is 0. The number of rotatable bonds is 3. The van der Waals surface area contributed by atoms with Gasteiger partial charge < -0.3 is 9.47 Å². The van der Waals surface area contributed by atoms with Crippen LogP contribution >= 0.6 is 0 Å². The molecule has 0 radical (unpaired) electrons. The van der Waals surface area contributed by atoms with E-state index in [1.807, 2.05) is 0 Å². The van der Waals surface area contributed by atoms with E-state index >= 15 is 0 Å². The summed E-state index contributed by atoms with van der Waals surface area (Å²) in [6.45, 7) is 3.56. The van der Waals surface area contributed by atoms with Crippen LogP contribution in [0.1, 0.15) is 25.0 Å². The molecule has 0 aromatic heterocycles. The molecule has 2 rings (SSSR count). The van der Waals surface area contributed by atoms with E-state index in [2.05, 4.69) is 0 Å². The van der Waals surface area contributed by atoms with Crippen molar-refractivity contribution >= 4 is 5.97 Å². The number of alkyl halides is 3. The third-order valence-electron chi connectivity index (χ3n) is 3.09. The fourth-order valence-electron chi connectivity index (χ4n) is 1.91. The molecule has 1 heterocycles. The lowest BCUT2D eigenvalue weighted by Crippen LogP contribution is -2.19. The quantitative estimate of drug-likeness (QED) is 0.628. The molecule has 2 unspecified atom stereocenters. The van der Waals surface area contributed by atoms with E-state index in [0.29, 0.717) is 5.56 Å². The normalized spacial score (nSPS) is 26.1. The lowest BCUT2D eigenvalue weighted by Gasteiger charge is -2.10. The summed E-state index contributed by atoms with van der Waals surface area (Å²) in [6, 6.07) is 4.60. The Morgan fingerprint density at radius 1 is 1.37 bits per heavy atom. The van der Waals surface area contributed by atoms with Crippen molar-refractivity contribution in [2.45, 2.75) is 31.7 Å². The van der Waals surface area contributed by atoms with Crippen molar-refractivity contribution in [1.82, 2.24) is 0 Å². The zero-order chi connectivity index (χ0) is 14.3. The van der Waals surface area contributed by atoms with E-state index in [1.54, 1.807) is 13.8 Å². The Morgan fingerprint density at radius 2 is 1.95 bits per heavy atom. The third-order valence-corrected chi connectivity index (χ3v) is 3.09. The number of esters is 1. The minimum Gasteiger partial charge on any atom is -0.464 e. The Bertz CT molecular complexity index is 481. The van der Waals surface area contributed by atoms with Crippen LogP contribution in [-0.4, -0.2) is 18.7 Å². The van der Waals surface area contributed by atoms with Gasteiger partial charge in [-0.2, -0.15) is 13.2 Å². The second-order valence-electron chi connectivity index (χ2n) is 4.43. The van der Waals surface area contributed by atoms with Crippen LogP contribution in [0.3, 0.4) is 0 Å². The molecular weight excluding hydrogens is 261 g/mol. The van der Waals surface area contributed by atoms with Crippen LogP contribution in [-0.2, 0) is 26.0 Å². The van der Waals surface area contributed by atoms with Crippen molar-refractivity contribution in [2.24, 2.45) is 0 Å². The predicted molar refractivity (Wildman–Crippen MR) is 60.3 cm³/mol. The molecule has 0 saturated carbocycles. The third kappa shape index (κ3) is 2.58. The minimum atomic E-state index is -4.37. The van der Waals surface area contributed by atoms with E-state index in [9.17, 15) is 18.0 Å². The molecule has 1 aliphatic rings. The van der Waals surface area contributed by atoms with Gasteiger partial charge in [-0.05, 0) is 31.5 Å². The van der Waals surface area contributed by atoms with Crippen molar-refractivity contribution in [2.75, 3.05) is 6.61 Å². The number of epoxide rings is 1. The largest absolute Gasteiger partial charge is 0.464 e. The molecule has 1 aromatic carbocycles. The van der Waals surface area contributed by atoms with Crippen molar-refractivity contribution in [1.29, 1.82) is 0 Å². The highest BCUT2D eigenvalue weighted by Gasteiger charge is 2.59. The van der Waals surface area contributed by atoms with Gasteiger partial charge in [0.2, 0.25) is 0 Å². The monoisotopic (exact) mass is 274 g/mol. The molecule has 0 N–H and O–H groups in total. The average Bonchev–Trinajstić information content (AvgIpc) is 3.03. The Morgan fingerprint density at radius 3 is 2.42 bits per heavy atom. The molecule has 0 amide bonds. The number of carbonyl (C=O) groups excluding carboxylic acids is 1. The number of ether oxygens (including phenoxy) is 2. The first kappa shape index (κ1) is 13.9. The fourth-order valence-corrected chi connectivity index (χ4v) is 1.91. The van der Waals surface area contributed by atoms with Crippen LogP contribution in [0.25, 0.3) is 0 Å². The maximum atomic E-state index is 12.4. The first-order valence-electron chi connectivity index (χ1n) is 5.81. The molecule has 0 bridgehead atoms. The molecule has 0 spiro atoms. The van der Waals surface area contributed by atoms with Crippen LogP contribution in [0, 0.1) is 0 Å². The topological polar surface area (TPSA) is 38.8 Å². The molecule has 1 aromatic rings. The molecule has 1 aliphatic heterocycles. The molecule has 104 valence electrons. The zero-order valence-electron chi connectivity index (χ0n) is 10.5. The summed E-state index contributed by atoms with van der Waals surface area (Å²) in [5.74, 6) is -0.495. The van der Waals surface area contributed by atoms with Gasteiger partial charge in [-0.25, -0.2) is 4.79 Å². The molecule has 2 atom stereocenters. The summed E-state index contributed by atoms with van der Waals surface area (Å²) in [6.07, 6.45) is -5.12. The second kappa shape index (κ2) is 4.52. The molecular formula is C13H13F3O3. The first-order chi connectivity index (χ1) is 8.79. The molecule has 6 heteroatoms. The Labute approximate surface area is 108 Å². The van der Waals surface area contributed by atoms with E-state index in [4.69, 9.17) is 9.47 Å². The van der Waals surface area contributed by atoms with Crippen LogP contribution in [0.2, 0.25) is 0 Å². The number of benzene rings is 1. The van der Waals surface area contributed by atoms with Crippen LogP contribution < -0.4 is 0 Å². The number of hydrogen-bond acceptors (Lipinski definition) is 3. The summed E-state index contributed by atoms with van der Waals surface area (Å²) < 4.78 is 47.4. The highest BCUT2D eigenvalue weighted by atomic mass is 19.4. The Hall–Kier alpha value is -1.56. The van der Waals surface area contributed by atoms with Gasteiger partial charge in [0.15, 0.2) is 6.10 Å². The highest BCUT2D eigenvalue weighted by Crippen LogP contribution is 2.46. The predicted octanol–water partition coefficient (Wildman–Crippen LogP) is 2.88. The van der Waals surface area contributed by atoms with Crippen LogP contribution in [0.15, 0.2) is 24.3 Å². The Kier molecular flexibility index (Phi) is 3.30. The van der Waals surface area contributed by atoms with Gasteiger partial charge in [-0.15, -0.1) is 0 Å². The van der Waals surface area contributed by atoms with E-state index in [1.165, 1.54) is 12.1 Å². The number of halogens is 3. The van der Waals surface area contributed by atoms with E-state index < -0.39 is 29.4 Å². The van der Waals surface area contributed by atoms with Gasteiger partial charge in [0.1, 0.15) is 5.60 Å². The zero-order valence-corrected chi connectivity index (χ0v) is 10.5. The van der Waals surface area contributed by atoms with Gasteiger partial charge in [0, 0.05) is 0 Å². The SMILES string of the molecule is CCOC(=O)C1OC1(C)c1ccc(C(F)(F)F)cc1. The van der Waals surface area contributed by atoms with Crippen LogP contribution in [0.4, 0.5) is 13.2 Å². The minimum absolute atomic E-state index is 0.238. The fraction of sp³-hybridized carbons (Fsp3) is 0.462. The second-order valence-corrected chi connectivity index (χ2v) is 4.43. The maximum absolute atomic E-state index is 12.4. The molecule has 3 nitrogen and oxygen atoms in total. The van der Waals surface area contributed by atoms with Crippen molar-refractivity contribution in [3.8, 4) is 0 Å². The molecule has 19 heavy (non-hydrogen) atoms. The summed E-state index contributed by atoms with van der Waals surface area (Å²) in [7, 11) is 0. The summed E-state index contributed by atoms with van der Waals surface area (Å²) in [5.41, 5.74) is -1.09. The van der Waals surface area contributed by atoms with Gasteiger partial charge >= 0.3 is 12.1 Å². The Balaban J connectivity index is 2.14. The molecule has 0 aliphatic carbocycles. The lowest BCUT2D eigenvalue weighted by molar-refractivity contribution is -0.144. The number of carbonyl (C=O) groups is 1. The highest BCUT2D eigenvalue weighted by molar-refractivity contribution is 5.79. The van der Waals surface area contributed by atoms with Gasteiger partial charge in [-0.1, -0.05) is 12.1 Å². The van der Waals surface area contributed by atoms with Crippen molar-refractivity contribution in [3.63, 3.8) is 0 Å². The van der Waals surface area contributed by atoms with E-state index in [-0.39, 0.29) is 6.61 Å². The molecule has 1 saturated heterocycles. The standard InChI is InChI=1S/C13H13F3O3/c1-3-18-11(17)10-12(2,19-10)8-4-6-9(7-5-8)13(14,15)16/h4-7,10H,3H2,1-2H3. The summed E-state index contributed by atoms with van der Waals surface area (Å²) >= 11 is 0. The van der Waals surface area contributed by atoms with Gasteiger partial charge in [0.05, 0.1) is 12.2 Å². The van der Waals surface area contributed by atoms with Gasteiger partial charge in [0.25, 0.3) is 0 Å². The van der Waals surface area contributed by atoms with E-state index in [0.717, 1.165) is 12.1 Å². The van der Waals surface area contributed by atoms with Crippen LogP contribution in [0.5, 0.6) is 0 Å². The maximum Gasteiger partial charge on any atom is 0.416 e. The average molecular weight is 274 g/mol. The van der Waals surface area contributed by atoms with Gasteiger partial charge in [-0.3, -0.25) is 0 Å².